The van der Waals surface area contributed by atoms with Crippen LogP contribution in [-0.4, -0.2) is 13.0 Å². The second-order valence-corrected chi connectivity index (χ2v) is 6.13. The van der Waals surface area contributed by atoms with Crippen molar-refractivity contribution in [1.82, 2.24) is 5.32 Å². The Balaban J connectivity index is 1.86. The highest BCUT2D eigenvalue weighted by Crippen LogP contribution is 2.23. The van der Waals surface area contributed by atoms with Crippen molar-refractivity contribution in [2.24, 2.45) is 0 Å². The number of benzene rings is 2. The fourth-order valence-electron chi connectivity index (χ4n) is 2.24. The number of hydrogen-bond donors (Lipinski definition) is 1. The second-order valence-electron chi connectivity index (χ2n) is 5.31. The Bertz CT molecular complexity index is 671. The van der Waals surface area contributed by atoms with Crippen LogP contribution >= 0.6 is 23.2 Å². The van der Waals surface area contributed by atoms with Crippen LogP contribution in [0.5, 0.6) is 5.75 Å². The Hall–Kier alpha value is -1.71. The summed E-state index contributed by atoms with van der Waals surface area (Å²) in [5.74, 6) is 0.797. The molecule has 2 aromatic rings. The molecule has 122 valence electrons. The number of nitrogens with one attached hydrogen (secondary N) is 1. The minimum Gasteiger partial charge on any atom is -0.497 e. The van der Waals surface area contributed by atoms with Crippen LogP contribution in [-0.2, 0) is 11.2 Å². The summed E-state index contributed by atoms with van der Waals surface area (Å²) >= 11 is 11.9. The van der Waals surface area contributed by atoms with E-state index in [1.165, 1.54) is 0 Å². The summed E-state index contributed by atoms with van der Waals surface area (Å²) in [4.78, 5) is 12.1. The fourth-order valence-corrected chi connectivity index (χ4v) is 2.56. The molecule has 2 aromatic carbocycles. The Morgan fingerprint density at radius 3 is 2.43 bits per heavy atom. The van der Waals surface area contributed by atoms with E-state index >= 15 is 0 Å². The fraction of sp³-hybridized carbons (Fsp3) is 0.278. The van der Waals surface area contributed by atoms with Crippen LogP contribution in [0.15, 0.2) is 42.5 Å². The van der Waals surface area contributed by atoms with Crippen LogP contribution in [0.4, 0.5) is 0 Å². The molecular formula is C18H19Cl2NO2. The molecule has 0 heterocycles. The van der Waals surface area contributed by atoms with Gasteiger partial charge in [0.2, 0.25) is 5.91 Å². The number of amides is 1. The highest BCUT2D eigenvalue weighted by molar-refractivity contribution is 6.42. The molecule has 0 fully saturated rings. The highest BCUT2D eigenvalue weighted by atomic mass is 35.5. The van der Waals surface area contributed by atoms with Crippen LogP contribution in [0, 0.1) is 0 Å². The number of carbonyl (C=O) groups is 1. The lowest BCUT2D eigenvalue weighted by molar-refractivity contribution is -0.121. The molecule has 1 atom stereocenters. The third kappa shape index (κ3) is 5.15. The van der Waals surface area contributed by atoms with Crippen molar-refractivity contribution in [3.63, 3.8) is 0 Å². The molecule has 0 saturated heterocycles. The minimum absolute atomic E-state index is 0.000564. The maximum atomic E-state index is 12.1. The lowest BCUT2D eigenvalue weighted by Gasteiger charge is -2.15. The van der Waals surface area contributed by atoms with Gasteiger partial charge in [-0.25, -0.2) is 0 Å². The normalized spacial score (nSPS) is 11.8. The number of carbonyl (C=O) groups excluding carboxylic acids is 1. The average Bonchev–Trinajstić information content (AvgIpc) is 2.56. The van der Waals surface area contributed by atoms with Gasteiger partial charge in [-0.15, -0.1) is 0 Å². The Morgan fingerprint density at radius 2 is 1.83 bits per heavy atom. The quantitative estimate of drug-likeness (QED) is 0.810. The Morgan fingerprint density at radius 1 is 1.13 bits per heavy atom. The van der Waals surface area contributed by atoms with Gasteiger partial charge in [0.25, 0.3) is 0 Å². The first-order chi connectivity index (χ1) is 11.0. The number of aryl methyl sites for hydroxylation is 1. The smallest absolute Gasteiger partial charge is 0.220 e. The molecule has 1 amide bonds. The second kappa shape index (κ2) is 8.23. The number of ether oxygens (including phenoxy) is 1. The van der Waals surface area contributed by atoms with Gasteiger partial charge in [0.1, 0.15) is 5.75 Å². The molecule has 0 radical (unpaired) electrons. The molecule has 23 heavy (non-hydrogen) atoms. The van der Waals surface area contributed by atoms with Crippen molar-refractivity contribution >= 4 is 29.1 Å². The third-order valence-corrected chi connectivity index (χ3v) is 4.36. The zero-order valence-corrected chi connectivity index (χ0v) is 14.6. The molecule has 5 heteroatoms. The molecule has 0 aliphatic rings. The van der Waals surface area contributed by atoms with Gasteiger partial charge in [-0.05, 0) is 48.7 Å². The first-order valence-corrected chi connectivity index (χ1v) is 8.12. The van der Waals surface area contributed by atoms with Crippen LogP contribution < -0.4 is 10.1 Å². The Kier molecular flexibility index (Phi) is 6.31. The van der Waals surface area contributed by atoms with E-state index in [0.717, 1.165) is 16.9 Å². The largest absolute Gasteiger partial charge is 0.497 e. The van der Waals surface area contributed by atoms with Gasteiger partial charge in [-0.2, -0.15) is 0 Å². The summed E-state index contributed by atoms with van der Waals surface area (Å²) in [6, 6.07) is 13.0. The van der Waals surface area contributed by atoms with Gasteiger partial charge >= 0.3 is 0 Å². The van der Waals surface area contributed by atoms with Gasteiger partial charge in [-0.3, -0.25) is 4.79 Å². The molecule has 0 aliphatic heterocycles. The molecule has 3 nitrogen and oxygen atoms in total. The molecule has 0 aromatic heterocycles. The van der Waals surface area contributed by atoms with Crippen molar-refractivity contribution in [2.75, 3.05) is 7.11 Å². The molecule has 0 aliphatic carbocycles. The maximum Gasteiger partial charge on any atom is 0.220 e. The topological polar surface area (TPSA) is 38.3 Å². The number of rotatable bonds is 6. The molecule has 0 spiro atoms. The van der Waals surface area contributed by atoms with E-state index in [2.05, 4.69) is 5.32 Å². The van der Waals surface area contributed by atoms with Crippen molar-refractivity contribution in [3.8, 4) is 5.75 Å². The van der Waals surface area contributed by atoms with Crippen LogP contribution in [0.1, 0.15) is 30.5 Å². The van der Waals surface area contributed by atoms with Gasteiger partial charge < -0.3 is 10.1 Å². The van der Waals surface area contributed by atoms with Crippen LogP contribution in [0.25, 0.3) is 0 Å². The SMILES string of the molecule is COc1ccc(C(C)NC(=O)CCc2ccc(Cl)c(Cl)c2)cc1. The van der Waals surface area contributed by atoms with Gasteiger partial charge in [0, 0.05) is 6.42 Å². The van der Waals surface area contributed by atoms with E-state index in [4.69, 9.17) is 27.9 Å². The lowest BCUT2D eigenvalue weighted by atomic mass is 10.1. The predicted octanol–water partition coefficient (Wildman–Crippen LogP) is 4.81. The predicted molar refractivity (Wildman–Crippen MR) is 94.3 cm³/mol. The number of halogens is 2. The van der Waals surface area contributed by atoms with E-state index in [0.29, 0.717) is 22.9 Å². The van der Waals surface area contributed by atoms with Gasteiger partial charge in [0.15, 0.2) is 0 Å². The molecule has 1 unspecified atom stereocenters. The minimum atomic E-state index is -0.0535. The average molecular weight is 352 g/mol. The van der Waals surface area contributed by atoms with E-state index in [9.17, 15) is 4.79 Å². The van der Waals surface area contributed by atoms with Crippen molar-refractivity contribution < 1.29 is 9.53 Å². The summed E-state index contributed by atoms with van der Waals surface area (Å²) in [7, 11) is 1.63. The lowest BCUT2D eigenvalue weighted by Crippen LogP contribution is -2.26. The van der Waals surface area contributed by atoms with E-state index in [1.54, 1.807) is 19.2 Å². The number of methoxy groups -OCH3 is 1. The zero-order valence-electron chi connectivity index (χ0n) is 13.1. The van der Waals surface area contributed by atoms with Crippen molar-refractivity contribution in [1.29, 1.82) is 0 Å². The molecular weight excluding hydrogens is 333 g/mol. The van der Waals surface area contributed by atoms with Gasteiger partial charge in [-0.1, -0.05) is 41.4 Å². The third-order valence-electron chi connectivity index (χ3n) is 3.62. The Labute approximate surface area is 146 Å². The highest BCUT2D eigenvalue weighted by Gasteiger charge is 2.10. The number of hydrogen-bond acceptors (Lipinski definition) is 2. The summed E-state index contributed by atoms with van der Waals surface area (Å²) in [6.45, 7) is 1.96. The van der Waals surface area contributed by atoms with E-state index in [1.807, 2.05) is 37.3 Å². The summed E-state index contributed by atoms with van der Waals surface area (Å²) < 4.78 is 5.13. The van der Waals surface area contributed by atoms with Crippen LogP contribution in [0.2, 0.25) is 10.0 Å². The first-order valence-electron chi connectivity index (χ1n) is 7.37. The molecule has 0 bridgehead atoms. The van der Waals surface area contributed by atoms with Crippen molar-refractivity contribution in [2.45, 2.75) is 25.8 Å². The summed E-state index contributed by atoms with van der Waals surface area (Å²) in [6.07, 6.45) is 1.02. The first kappa shape index (κ1) is 17.6. The van der Waals surface area contributed by atoms with Crippen molar-refractivity contribution in [3.05, 3.63) is 63.6 Å². The standard InChI is InChI=1S/C18H19Cl2NO2/c1-12(14-5-7-15(23-2)8-6-14)21-18(22)10-4-13-3-9-16(19)17(20)11-13/h3,5-9,11-12H,4,10H2,1-2H3,(H,21,22). The summed E-state index contributed by atoms with van der Waals surface area (Å²) in [5, 5.41) is 4.02. The molecule has 1 N–H and O–H groups in total. The molecule has 0 saturated carbocycles. The molecule has 2 rings (SSSR count). The van der Waals surface area contributed by atoms with E-state index in [-0.39, 0.29) is 11.9 Å². The maximum absolute atomic E-state index is 12.1. The van der Waals surface area contributed by atoms with Gasteiger partial charge in [0.05, 0.1) is 23.2 Å². The van der Waals surface area contributed by atoms with Crippen LogP contribution in [0.3, 0.4) is 0 Å². The monoisotopic (exact) mass is 351 g/mol. The van der Waals surface area contributed by atoms with E-state index < -0.39 is 0 Å². The summed E-state index contributed by atoms with van der Waals surface area (Å²) in [5.41, 5.74) is 2.03. The zero-order chi connectivity index (χ0) is 16.8.